The maximum Gasteiger partial charge on any atom is 0.186 e. The number of aliphatic hydroxyl groups excluding tert-OH is 1. The van der Waals surface area contributed by atoms with Crippen LogP contribution < -0.4 is 4.90 Å². The number of aromatic nitrogens is 1. The minimum atomic E-state index is 0.140. The number of morpholine rings is 1. The summed E-state index contributed by atoms with van der Waals surface area (Å²) in [4.78, 5) is 8.23. The van der Waals surface area contributed by atoms with Gasteiger partial charge in [0.1, 0.15) is 0 Å². The zero-order chi connectivity index (χ0) is 12.1. The summed E-state index contributed by atoms with van der Waals surface area (Å²) in [5.74, 6) is 0.620. The summed E-state index contributed by atoms with van der Waals surface area (Å²) in [5, 5.41) is 10.5. The molecule has 2 aliphatic heterocycles. The highest BCUT2D eigenvalue weighted by Crippen LogP contribution is 2.44. The molecule has 2 unspecified atom stereocenters. The van der Waals surface area contributed by atoms with E-state index in [1.807, 2.05) is 0 Å². The quantitative estimate of drug-likeness (QED) is 0.907. The summed E-state index contributed by atoms with van der Waals surface area (Å²) in [6.45, 7) is 2.08. The highest BCUT2D eigenvalue weighted by molar-refractivity contribution is 7.15. The molecule has 0 spiro atoms. The number of thiazole rings is 1. The van der Waals surface area contributed by atoms with Crippen molar-refractivity contribution < 1.29 is 9.84 Å². The number of anilines is 1. The van der Waals surface area contributed by atoms with E-state index in [1.165, 1.54) is 25.7 Å². The van der Waals surface area contributed by atoms with Gasteiger partial charge in [-0.15, -0.1) is 0 Å². The smallest absolute Gasteiger partial charge is 0.186 e. The van der Waals surface area contributed by atoms with E-state index >= 15 is 0 Å². The van der Waals surface area contributed by atoms with Crippen molar-refractivity contribution in [3.05, 3.63) is 10.6 Å². The molecule has 2 atom stereocenters. The van der Waals surface area contributed by atoms with E-state index < -0.39 is 0 Å². The Morgan fingerprint density at radius 3 is 2.56 bits per heavy atom. The number of nitrogens with zero attached hydrogens (tertiary/aromatic N) is 2. The minimum Gasteiger partial charge on any atom is -0.391 e. The molecule has 4 nitrogen and oxygen atoms in total. The topological polar surface area (TPSA) is 45.6 Å². The summed E-state index contributed by atoms with van der Waals surface area (Å²) >= 11 is 1.68. The molecule has 1 aromatic heterocycles. The molecular formula is C13H18N2O2S. The third kappa shape index (κ3) is 1.85. The van der Waals surface area contributed by atoms with Crippen molar-refractivity contribution in [2.75, 3.05) is 18.0 Å². The minimum absolute atomic E-state index is 0.140. The molecule has 5 heteroatoms. The van der Waals surface area contributed by atoms with Gasteiger partial charge < -0.3 is 14.7 Å². The van der Waals surface area contributed by atoms with Gasteiger partial charge in [-0.25, -0.2) is 4.98 Å². The molecule has 2 bridgehead atoms. The van der Waals surface area contributed by atoms with Crippen LogP contribution in [0.2, 0.25) is 0 Å². The molecule has 18 heavy (non-hydrogen) atoms. The normalized spacial score (nSPS) is 31.1. The summed E-state index contributed by atoms with van der Waals surface area (Å²) < 4.78 is 5.86. The highest BCUT2D eigenvalue weighted by atomic mass is 32.1. The van der Waals surface area contributed by atoms with Crippen molar-refractivity contribution in [2.24, 2.45) is 0 Å². The third-order valence-electron chi connectivity index (χ3n) is 4.14. The van der Waals surface area contributed by atoms with Gasteiger partial charge in [0.15, 0.2) is 5.13 Å². The fourth-order valence-corrected chi connectivity index (χ4v) is 4.07. The Morgan fingerprint density at radius 2 is 1.94 bits per heavy atom. The first-order valence-electron chi connectivity index (χ1n) is 6.84. The van der Waals surface area contributed by atoms with Gasteiger partial charge >= 0.3 is 0 Å². The molecule has 3 heterocycles. The SMILES string of the molecule is OCc1sc(N2CC3CCC(C2)O3)nc1C1CC1. The fraction of sp³-hybridized carbons (Fsp3) is 0.769. The number of fused-ring (bicyclic) bond motifs is 2. The van der Waals surface area contributed by atoms with E-state index in [1.54, 1.807) is 11.3 Å². The van der Waals surface area contributed by atoms with Gasteiger partial charge in [-0.2, -0.15) is 0 Å². The molecule has 98 valence electrons. The molecule has 2 saturated heterocycles. The first-order chi connectivity index (χ1) is 8.83. The van der Waals surface area contributed by atoms with Crippen LogP contribution in [0.4, 0.5) is 5.13 Å². The van der Waals surface area contributed by atoms with Gasteiger partial charge in [0.25, 0.3) is 0 Å². The fourth-order valence-electron chi connectivity index (χ4n) is 3.05. The summed E-state index contributed by atoms with van der Waals surface area (Å²) in [6, 6.07) is 0. The highest BCUT2D eigenvalue weighted by Gasteiger charge is 2.36. The van der Waals surface area contributed by atoms with Gasteiger partial charge in [0, 0.05) is 19.0 Å². The van der Waals surface area contributed by atoms with E-state index in [2.05, 4.69) is 4.90 Å². The lowest BCUT2D eigenvalue weighted by Gasteiger charge is -2.31. The summed E-state index contributed by atoms with van der Waals surface area (Å²) in [7, 11) is 0. The molecule has 4 rings (SSSR count). The second-order valence-electron chi connectivity index (χ2n) is 5.60. The number of rotatable bonds is 3. The van der Waals surface area contributed by atoms with Gasteiger partial charge in [-0.1, -0.05) is 11.3 Å². The van der Waals surface area contributed by atoms with Crippen LogP contribution in [0, 0.1) is 0 Å². The number of aliphatic hydroxyl groups is 1. The van der Waals surface area contributed by atoms with E-state index in [0.29, 0.717) is 18.1 Å². The van der Waals surface area contributed by atoms with Crippen molar-refractivity contribution in [3.8, 4) is 0 Å². The van der Waals surface area contributed by atoms with E-state index in [4.69, 9.17) is 9.72 Å². The number of hydrogen-bond donors (Lipinski definition) is 1. The van der Waals surface area contributed by atoms with Crippen LogP contribution >= 0.6 is 11.3 Å². The predicted octanol–water partition coefficient (Wildman–Crippen LogP) is 1.88. The molecule has 1 saturated carbocycles. The lowest BCUT2D eigenvalue weighted by molar-refractivity contribution is 0.0305. The van der Waals surface area contributed by atoms with Crippen molar-refractivity contribution in [2.45, 2.75) is 50.4 Å². The standard InChI is InChI=1S/C13H18N2O2S/c16-7-11-12(8-1-2-8)14-13(18-11)15-5-9-3-4-10(6-15)17-9/h8-10,16H,1-7H2. The van der Waals surface area contributed by atoms with E-state index in [9.17, 15) is 5.11 Å². The average Bonchev–Trinajstić information content (AvgIpc) is 3.06. The van der Waals surface area contributed by atoms with Gasteiger partial charge in [0.2, 0.25) is 0 Å². The summed E-state index contributed by atoms with van der Waals surface area (Å²) in [5.41, 5.74) is 1.16. The van der Waals surface area contributed by atoms with Crippen LogP contribution in [0.5, 0.6) is 0 Å². The van der Waals surface area contributed by atoms with Crippen molar-refractivity contribution in [1.82, 2.24) is 4.98 Å². The monoisotopic (exact) mass is 266 g/mol. The lowest BCUT2D eigenvalue weighted by atomic mass is 10.2. The zero-order valence-electron chi connectivity index (χ0n) is 10.3. The van der Waals surface area contributed by atoms with Crippen molar-refractivity contribution in [3.63, 3.8) is 0 Å². The molecule has 1 aromatic rings. The van der Waals surface area contributed by atoms with Crippen LogP contribution in [0.3, 0.4) is 0 Å². The third-order valence-corrected chi connectivity index (χ3v) is 5.25. The molecule has 3 aliphatic rings. The maximum absolute atomic E-state index is 9.45. The van der Waals surface area contributed by atoms with Crippen LogP contribution in [0.15, 0.2) is 0 Å². The Labute approximate surface area is 111 Å². The van der Waals surface area contributed by atoms with E-state index in [-0.39, 0.29) is 6.61 Å². The van der Waals surface area contributed by atoms with Gasteiger partial charge in [0.05, 0.1) is 29.4 Å². The van der Waals surface area contributed by atoms with Crippen molar-refractivity contribution in [1.29, 1.82) is 0 Å². The first-order valence-corrected chi connectivity index (χ1v) is 7.66. The molecule has 0 radical (unpaired) electrons. The Bertz CT molecular complexity index is 446. The molecule has 3 fully saturated rings. The van der Waals surface area contributed by atoms with Crippen LogP contribution in [0.1, 0.15) is 42.2 Å². The Hall–Kier alpha value is -0.650. The predicted molar refractivity (Wildman–Crippen MR) is 70.1 cm³/mol. The molecular weight excluding hydrogens is 248 g/mol. The zero-order valence-corrected chi connectivity index (χ0v) is 11.2. The van der Waals surface area contributed by atoms with Crippen molar-refractivity contribution >= 4 is 16.5 Å². The second-order valence-corrected chi connectivity index (χ2v) is 6.66. The average molecular weight is 266 g/mol. The second kappa shape index (κ2) is 4.18. The first kappa shape index (κ1) is 11.2. The largest absolute Gasteiger partial charge is 0.391 e. The van der Waals surface area contributed by atoms with Crippen LogP contribution in [-0.4, -0.2) is 35.4 Å². The van der Waals surface area contributed by atoms with Crippen LogP contribution in [0.25, 0.3) is 0 Å². The molecule has 0 aromatic carbocycles. The Balaban J connectivity index is 1.60. The lowest BCUT2D eigenvalue weighted by Crippen LogP contribution is -2.42. The van der Waals surface area contributed by atoms with E-state index in [0.717, 1.165) is 28.8 Å². The molecule has 1 aliphatic carbocycles. The van der Waals surface area contributed by atoms with Gasteiger partial charge in [-0.05, 0) is 25.7 Å². The Morgan fingerprint density at radius 1 is 1.22 bits per heavy atom. The summed E-state index contributed by atoms with van der Waals surface area (Å²) in [6.07, 6.45) is 5.66. The molecule has 0 amide bonds. The molecule has 1 N–H and O–H groups in total. The number of ether oxygens (including phenoxy) is 1. The maximum atomic E-state index is 9.45. The van der Waals surface area contributed by atoms with Gasteiger partial charge in [-0.3, -0.25) is 0 Å². The van der Waals surface area contributed by atoms with Crippen LogP contribution in [-0.2, 0) is 11.3 Å². The Kier molecular flexibility index (Phi) is 2.60. The number of hydrogen-bond acceptors (Lipinski definition) is 5.